The van der Waals surface area contributed by atoms with Gasteiger partial charge in [0.25, 0.3) is 0 Å². The quantitative estimate of drug-likeness (QED) is 0.445. The molecule has 0 spiro atoms. The van der Waals surface area contributed by atoms with E-state index in [9.17, 15) is 4.79 Å². The smallest absolute Gasteiger partial charge is 0.372 e. The van der Waals surface area contributed by atoms with Gasteiger partial charge in [-0.2, -0.15) is 0 Å². The maximum absolute atomic E-state index is 12.4. The molecule has 2 saturated heterocycles. The minimum atomic E-state index is -0.515. The van der Waals surface area contributed by atoms with Gasteiger partial charge in [0.1, 0.15) is 18.3 Å². The normalized spacial score (nSPS) is 32.5. The standard InChI is InChI=1S/C29H32O7/c1-31-28(30)23-16-10-4-9-15-22-24(35-23)17-25(32-18-20-11-5-2-6-12-20)27-26(34-22)19-33-29(36-27)21-13-7-3-8-14-21/h2-9,11-14,16,22,24-27,29H,10,15,17-19H2,1H3/b9-4-,23-16-/t22-,24+,25+,26+,27-,29+/m0/s1. The topological polar surface area (TPSA) is 72.5 Å². The van der Waals surface area contributed by atoms with Crippen molar-refractivity contribution in [2.75, 3.05) is 13.7 Å². The van der Waals surface area contributed by atoms with E-state index in [0.29, 0.717) is 32.5 Å². The van der Waals surface area contributed by atoms with Crippen molar-refractivity contribution < 1.29 is 33.2 Å². The van der Waals surface area contributed by atoms with E-state index in [1.807, 2.05) is 66.7 Å². The number of rotatable bonds is 5. The number of carbonyl (C=O) groups excluding carboxylic acids is 1. The first-order valence-corrected chi connectivity index (χ1v) is 12.4. The Labute approximate surface area is 211 Å². The number of benzene rings is 2. The van der Waals surface area contributed by atoms with Crippen LogP contribution < -0.4 is 0 Å². The van der Waals surface area contributed by atoms with Crippen LogP contribution in [-0.4, -0.2) is 50.2 Å². The second kappa shape index (κ2) is 11.8. The molecule has 0 radical (unpaired) electrons. The first-order valence-electron chi connectivity index (χ1n) is 12.4. The molecule has 6 atom stereocenters. The summed E-state index contributed by atoms with van der Waals surface area (Å²) in [6.45, 7) is 0.786. The fourth-order valence-corrected chi connectivity index (χ4v) is 4.82. The number of allylic oxidation sites excluding steroid dienone is 2. The molecule has 7 heteroatoms. The van der Waals surface area contributed by atoms with Crippen molar-refractivity contribution in [3.05, 3.63) is 95.8 Å². The van der Waals surface area contributed by atoms with Crippen molar-refractivity contribution >= 4 is 5.97 Å². The molecule has 3 heterocycles. The lowest BCUT2D eigenvalue weighted by molar-refractivity contribution is -0.288. The van der Waals surface area contributed by atoms with Gasteiger partial charge < -0.3 is 28.4 Å². The van der Waals surface area contributed by atoms with Crippen LogP contribution in [0.5, 0.6) is 0 Å². The molecule has 2 aromatic carbocycles. The second-order valence-corrected chi connectivity index (χ2v) is 9.12. The van der Waals surface area contributed by atoms with Crippen LogP contribution in [0.15, 0.2) is 84.7 Å². The van der Waals surface area contributed by atoms with Crippen molar-refractivity contribution in [1.29, 1.82) is 0 Å². The van der Waals surface area contributed by atoms with Crippen LogP contribution in [0.1, 0.15) is 36.7 Å². The van der Waals surface area contributed by atoms with Gasteiger partial charge in [-0.05, 0) is 24.5 Å². The highest BCUT2D eigenvalue weighted by molar-refractivity contribution is 5.86. The van der Waals surface area contributed by atoms with Crippen molar-refractivity contribution in [3.63, 3.8) is 0 Å². The molecule has 7 nitrogen and oxygen atoms in total. The molecule has 0 N–H and O–H groups in total. The number of ether oxygens (including phenoxy) is 6. The van der Waals surface area contributed by atoms with Crippen LogP contribution >= 0.6 is 0 Å². The molecule has 3 aliphatic rings. The molecule has 2 aromatic rings. The Kier molecular flexibility index (Phi) is 8.13. The Morgan fingerprint density at radius 1 is 0.944 bits per heavy atom. The van der Waals surface area contributed by atoms with Crippen LogP contribution in [0.25, 0.3) is 0 Å². The van der Waals surface area contributed by atoms with Crippen LogP contribution in [0.3, 0.4) is 0 Å². The van der Waals surface area contributed by atoms with Gasteiger partial charge in [-0.15, -0.1) is 0 Å². The lowest BCUT2D eigenvalue weighted by atomic mass is 9.99. The molecule has 2 fully saturated rings. The molecule has 0 bridgehead atoms. The van der Waals surface area contributed by atoms with E-state index in [1.165, 1.54) is 7.11 Å². The highest BCUT2D eigenvalue weighted by Crippen LogP contribution is 2.37. The van der Waals surface area contributed by atoms with Crippen LogP contribution in [0, 0.1) is 0 Å². The van der Waals surface area contributed by atoms with E-state index in [4.69, 9.17) is 28.4 Å². The summed E-state index contributed by atoms with van der Waals surface area (Å²) in [6, 6.07) is 19.9. The molecule has 0 aromatic heterocycles. The number of fused-ring (bicyclic) bond motifs is 2. The number of carbonyl (C=O) groups is 1. The van der Waals surface area contributed by atoms with Crippen molar-refractivity contribution in [2.45, 2.75) is 62.7 Å². The van der Waals surface area contributed by atoms with Gasteiger partial charge in [-0.25, -0.2) is 4.79 Å². The van der Waals surface area contributed by atoms with E-state index in [2.05, 4.69) is 6.08 Å². The SMILES string of the molecule is COC(=O)/C1=C/C/C=C\C[C@@H]2O[C@@H]3CO[C@@H](c4ccccc4)O[C@H]3[C@H](OCc3ccccc3)C[C@H]2O1. The van der Waals surface area contributed by atoms with Gasteiger partial charge in [0.15, 0.2) is 6.29 Å². The van der Waals surface area contributed by atoms with Crippen LogP contribution in [-0.2, 0) is 39.8 Å². The van der Waals surface area contributed by atoms with E-state index < -0.39 is 18.4 Å². The molecule has 5 rings (SSSR count). The zero-order valence-corrected chi connectivity index (χ0v) is 20.4. The van der Waals surface area contributed by atoms with Crippen molar-refractivity contribution in [3.8, 4) is 0 Å². The summed E-state index contributed by atoms with van der Waals surface area (Å²) in [7, 11) is 1.35. The monoisotopic (exact) mass is 492 g/mol. The predicted molar refractivity (Wildman–Crippen MR) is 132 cm³/mol. The zero-order valence-electron chi connectivity index (χ0n) is 20.4. The molecule has 0 aliphatic carbocycles. The minimum Gasteiger partial charge on any atom is -0.481 e. The van der Waals surface area contributed by atoms with Crippen molar-refractivity contribution in [1.82, 2.24) is 0 Å². The Morgan fingerprint density at radius 3 is 2.50 bits per heavy atom. The lowest BCUT2D eigenvalue weighted by Gasteiger charge is -2.39. The van der Waals surface area contributed by atoms with E-state index in [-0.39, 0.29) is 30.2 Å². The summed E-state index contributed by atoms with van der Waals surface area (Å²) in [5, 5.41) is 0. The van der Waals surface area contributed by atoms with E-state index in [1.54, 1.807) is 6.08 Å². The summed E-state index contributed by atoms with van der Waals surface area (Å²) >= 11 is 0. The zero-order chi connectivity index (χ0) is 24.7. The Hall–Kier alpha value is -2.97. The Bertz CT molecular complexity index is 1050. The summed E-state index contributed by atoms with van der Waals surface area (Å²) < 4.78 is 36.8. The van der Waals surface area contributed by atoms with Crippen LogP contribution in [0.4, 0.5) is 0 Å². The lowest BCUT2D eigenvalue weighted by Crippen LogP contribution is -2.48. The van der Waals surface area contributed by atoms with Crippen LogP contribution in [0.2, 0.25) is 0 Å². The third kappa shape index (κ3) is 5.87. The first kappa shape index (κ1) is 24.7. The van der Waals surface area contributed by atoms with Gasteiger partial charge in [0, 0.05) is 12.0 Å². The highest BCUT2D eigenvalue weighted by atomic mass is 16.7. The van der Waals surface area contributed by atoms with Gasteiger partial charge in [-0.1, -0.05) is 72.8 Å². The largest absolute Gasteiger partial charge is 0.481 e. The molecule has 3 aliphatic heterocycles. The summed E-state index contributed by atoms with van der Waals surface area (Å²) in [4.78, 5) is 12.4. The first-order chi connectivity index (χ1) is 17.7. The third-order valence-corrected chi connectivity index (χ3v) is 6.67. The van der Waals surface area contributed by atoms with Gasteiger partial charge in [0.2, 0.25) is 5.76 Å². The molecule has 0 amide bonds. The van der Waals surface area contributed by atoms with Crippen molar-refractivity contribution in [2.24, 2.45) is 0 Å². The van der Waals surface area contributed by atoms with E-state index >= 15 is 0 Å². The number of methoxy groups -OCH3 is 1. The van der Waals surface area contributed by atoms with E-state index in [0.717, 1.165) is 11.1 Å². The fraction of sp³-hybridized carbons (Fsp3) is 0.414. The minimum absolute atomic E-state index is 0.189. The second-order valence-electron chi connectivity index (χ2n) is 9.12. The Balaban J connectivity index is 1.42. The summed E-state index contributed by atoms with van der Waals surface area (Å²) in [5.41, 5.74) is 2.01. The predicted octanol–water partition coefficient (Wildman–Crippen LogP) is 4.64. The number of hydrogen-bond donors (Lipinski definition) is 0. The maximum atomic E-state index is 12.4. The molecular formula is C29H32O7. The number of hydrogen-bond acceptors (Lipinski definition) is 7. The highest BCUT2D eigenvalue weighted by Gasteiger charge is 2.46. The van der Waals surface area contributed by atoms with Gasteiger partial charge >= 0.3 is 5.97 Å². The summed E-state index contributed by atoms with van der Waals surface area (Å²) in [6.07, 6.45) is 5.22. The molecule has 36 heavy (non-hydrogen) atoms. The number of esters is 1. The fourth-order valence-electron chi connectivity index (χ4n) is 4.82. The molecular weight excluding hydrogens is 460 g/mol. The molecule has 0 unspecified atom stereocenters. The average molecular weight is 493 g/mol. The average Bonchev–Trinajstić information content (AvgIpc) is 2.99. The van der Waals surface area contributed by atoms with Gasteiger partial charge in [-0.3, -0.25) is 0 Å². The Morgan fingerprint density at radius 2 is 1.72 bits per heavy atom. The molecule has 0 saturated carbocycles. The molecule has 190 valence electrons. The maximum Gasteiger partial charge on any atom is 0.372 e. The third-order valence-electron chi connectivity index (χ3n) is 6.67. The van der Waals surface area contributed by atoms with Gasteiger partial charge in [0.05, 0.1) is 32.5 Å². The summed E-state index contributed by atoms with van der Waals surface area (Å²) in [5.74, 6) is -0.315.